The van der Waals surface area contributed by atoms with Crippen LogP contribution in [0.15, 0.2) is 24.3 Å². The maximum Gasteiger partial charge on any atom is 0.458 e. The molecule has 0 saturated carbocycles. The number of halogens is 5. The molecule has 17 heavy (non-hydrogen) atoms. The summed E-state index contributed by atoms with van der Waals surface area (Å²) in [6.07, 6.45) is -6.49. The van der Waals surface area contributed by atoms with E-state index in [0.29, 0.717) is 12.1 Å². The molecule has 95 valence electrons. The van der Waals surface area contributed by atoms with Gasteiger partial charge < -0.3 is 0 Å². The van der Waals surface area contributed by atoms with Gasteiger partial charge in [-0.15, -0.1) is 0 Å². The lowest BCUT2D eigenvalue weighted by molar-refractivity contribution is -0.289. The first kappa shape index (κ1) is 13.9. The van der Waals surface area contributed by atoms with Gasteiger partial charge in [0.05, 0.1) is 0 Å². The van der Waals surface area contributed by atoms with E-state index in [0.717, 1.165) is 12.1 Å². The highest BCUT2D eigenvalue weighted by molar-refractivity contribution is 5.28. The molecule has 0 heterocycles. The zero-order chi connectivity index (χ0) is 13.3. The maximum atomic E-state index is 12.9. The third-order valence-electron chi connectivity index (χ3n) is 2.37. The summed E-state index contributed by atoms with van der Waals surface area (Å²) in [7, 11) is 0. The highest BCUT2D eigenvalue weighted by atomic mass is 19.4. The SMILES string of the molecule is CCC([O])c1ccc(C(F)(F)C(F)(F)F)cc1. The minimum Gasteiger partial charge on any atom is -0.228 e. The minimum atomic E-state index is -5.63. The van der Waals surface area contributed by atoms with E-state index in [1.807, 2.05) is 0 Å². The van der Waals surface area contributed by atoms with E-state index >= 15 is 0 Å². The molecule has 0 amide bonds. The molecule has 0 aromatic heterocycles. The van der Waals surface area contributed by atoms with Gasteiger partial charge in [0.2, 0.25) is 0 Å². The predicted octanol–water partition coefficient (Wildman–Crippen LogP) is 4.22. The average molecular weight is 253 g/mol. The summed E-state index contributed by atoms with van der Waals surface area (Å²) in [6, 6.07) is 3.30. The fourth-order valence-electron chi connectivity index (χ4n) is 1.31. The number of alkyl halides is 5. The molecule has 1 aromatic carbocycles. The summed E-state index contributed by atoms with van der Waals surface area (Å²) >= 11 is 0. The molecule has 1 aromatic rings. The van der Waals surface area contributed by atoms with Gasteiger partial charge >= 0.3 is 12.1 Å². The minimum absolute atomic E-state index is 0.203. The molecular formula is C11H10F5O. The van der Waals surface area contributed by atoms with Gasteiger partial charge in [-0.1, -0.05) is 31.2 Å². The van der Waals surface area contributed by atoms with Crippen molar-refractivity contribution in [1.29, 1.82) is 0 Å². The third-order valence-corrected chi connectivity index (χ3v) is 2.37. The Labute approximate surface area is 94.9 Å². The van der Waals surface area contributed by atoms with Crippen molar-refractivity contribution in [2.75, 3.05) is 0 Å². The van der Waals surface area contributed by atoms with Crippen molar-refractivity contribution in [3.63, 3.8) is 0 Å². The summed E-state index contributed by atoms with van der Waals surface area (Å²) in [5, 5.41) is 11.2. The zero-order valence-electron chi connectivity index (χ0n) is 8.89. The molecule has 0 aliphatic carbocycles. The van der Waals surface area contributed by atoms with Crippen molar-refractivity contribution in [3.05, 3.63) is 35.4 Å². The van der Waals surface area contributed by atoms with Crippen LogP contribution in [-0.4, -0.2) is 6.18 Å². The Hall–Kier alpha value is -1.17. The lowest BCUT2D eigenvalue weighted by Gasteiger charge is -2.20. The summed E-state index contributed by atoms with van der Waals surface area (Å²) < 4.78 is 61.8. The number of hydrogen-bond acceptors (Lipinski definition) is 0. The van der Waals surface area contributed by atoms with E-state index in [4.69, 9.17) is 0 Å². The Bertz CT molecular complexity index is 368. The van der Waals surface area contributed by atoms with Crippen LogP contribution in [-0.2, 0) is 11.0 Å². The molecule has 0 N–H and O–H groups in total. The highest BCUT2D eigenvalue weighted by Crippen LogP contribution is 2.43. The largest absolute Gasteiger partial charge is 0.458 e. The van der Waals surface area contributed by atoms with Crippen LogP contribution in [0.1, 0.15) is 30.6 Å². The van der Waals surface area contributed by atoms with Gasteiger partial charge in [-0.25, -0.2) is 5.11 Å². The van der Waals surface area contributed by atoms with E-state index in [1.54, 1.807) is 6.92 Å². The first-order valence-electron chi connectivity index (χ1n) is 4.91. The van der Waals surface area contributed by atoms with Crippen LogP contribution in [0.2, 0.25) is 0 Å². The quantitative estimate of drug-likeness (QED) is 0.719. The number of benzene rings is 1. The molecular weight excluding hydrogens is 243 g/mol. The van der Waals surface area contributed by atoms with Crippen LogP contribution in [0.5, 0.6) is 0 Å². The third kappa shape index (κ3) is 2.74. The summed E-state index contributed by atoms with van der Waals surface area (Å²) in [5.41, 5.74) is -0.953. The predicted molar refractivity (Wildman–Crippen MR) is 50.1 cm³/mol. The number of hydrogen-bond donors (Lipinski definition) is 0. The standard InChI is InChI=1S/C11H10F5O/c1-2-9(17)7-3-5-8(6-4-7)10(12,13)11(14,15)16/h3-6,9H,2H2,1H3. The Morgan fingerprint density at radius 1 is 1.06 bits per heavy atom. The van der Waals surface area contributed by atoms with Crippen molar-refractivity contribution in [2.24, 2.45) is 0 Å². The molecule has 0 saturated heterocycles. The molecule has 0 aliphatic heterocycles. The Balaban J connectivity index is 3.03. The summed E-state index contributed by atoms with van der Waals surface area (Å²) in [4.78, 5) is 0. The molecule has 0 aliphatic rings. The van der Waals surface area contributed by atoms with Crippen LogP contribution in [0.3, 0.4) is 0 Å². The average Bonchev–Trinajstić information content (AvgIpc) is 2.26. The molecule has 1 nitrogen and oxygen atoms in total. The Morgan fingerprint density at radius 3 is 1.88 bits per heavy atom. The topological polar surface area (TPSA) is 19.9 Å². The monoisotopic (exact) mass is 253 g/mol. The van der Waals surface area contributed by atoms with E-state index in [9.17, 15) is 27.1 Å². The highest BCUT2D eigenvalue weighted by Gasteiger charge is 2.58. The van der Waals surface area contributed by atoms with E-state index < -0.39 is 23.8 Å². The second-order valence-corrected chi connectivity index (χ2v) is 3.59. The van der Waals surface area contributed by atoms with Crippen molar-refractivity contribution >= 4 is 0 Å². The van der Waals surface area contributed by atoms with Crippen molar-refractivity contribution < 1.29 is 27.1 Å². The van der Waals surface area contributed by atoms with Gasteiger partial charge in [-0.3, -0.25) is 0 Å². The molecule has 6 heteroatoms. The fraction of sp³-hybridized carbons (Fsp3) is 0.455. The lowest BCUT2D eigenvalue weighted by atomic mass is 10.0. The van der Waals surface area contributed by atoms with Gasteiger partial charge in [0, 0.05) is 5.56 Å². The molecule has 1 rings (SSSR count). The van der Waals surface area contributed by atoms with Crippen molar-refractivity contribution in [1.82, 2.24) is 0 Å². The molecule has 0 fully saturated rings. The first-order chi connectivity index (χ1) is 7.70. The summed E-state index contributed by atoms with van der Waals surface area (Å²) in [5.74, 6) is -4.89. The van der Waals surface area contributed by atoms with E-state index in [1.165, 1.54) is 0 Å². The lowest BCUT2D eigenvalue weighted by Crippen LogP contribution is -2.33. The zero-order valence-corrected chi connectivity index (χ0v) is 8.89. The van der Waals surface area contributed by atoms with Crippen molar-refractivity contribution in [3.8, 4) is 0 Å². The smallest absolute Gasteiger partial charge is 0.228 e. The normalized spacial score (nSPS) is 14.8. The number of rotatable bonds is 3. The van der Waals surface area contributed by atoms with Gasteiger partial charge in [0.25, 0.3) is 0 Å². The first-order valence-corrected chi connectivity index (χ1v) is 4.91. The molecule has 1 unspecified atom stereocenters. The Morgan fingerprint density at radius 2 is 1.53 bits per heavy atom. The molecule has 0 bridgehead atoms. The fourth-order valence-corrected chi connectivity index (χ4v) is 1.31. The van der Waals surface area contributed by atoms with Gasteiger partial charge in [-0.05, 0) is 12.0 Å². The van der Waals surface area contributed by atoms with Crippen LogP contribution < -0.4 is 0 Å². The molecule has 1 radical (unpaired) electrons. The second kappa shape index (κ2) is 4.60. The van der Waals surface area contributed by atoms with Crippen LogP contribution in [0, 0.1) is 0 Å². The van der Waals surface area contributed by atoms with Crippen LogP contribution in [0.4, 0.5) is 22.0 Å². The molecule has 0 spiro atoms. The van der Waals surface area contributed by atoms with Crippen LogP contribution in [0.25, 0.3) is 0 Å². The maximum absolute atomic E-state index is 12.9. The molecule has 1 atom stereocenters. The second-order valence-electron chi connectivity index (χ2n) is 3.59. The van der Waals surface area contributed by atoms with Crippen LogP contribution >= 0.6 is 0 Å². The van der Waals surface area contributed by atoms with Gasteiger partial charge in [0.1, 0.15) is 6.10 Å². The van der Waals surface area contributed by atoms with Crippen molar-refractivity contribution in [2.45, 2.75) is 31.5 Å². The Kier molecular flexibility index (Phi) is 3.76. The van der Waals surface area contributed by atoms with Gasteiger partial charge in [0.15, 0.2) is 0 Å². The van der Waals surface area contributed by atoms with Gasteiger partial charge in [-0.2, -0.15) is 22.0 Å². The van der Waals surface area contributed by atoms with E-state index in [-0.39, 0.29) is 12.0 Å². The van der Waals surface area contributed by atoms with E-state index in [2.05, 4.69) is 0 Å². The summed E-state index contributed by atoms with van der Waals surface area (Å²) in [6.45, 7) is 1.61.